The number of rotatable bonds is 3. The molecule has 2 aromatic carbocycles. The molecule has 19 heavy (non-hydrogen) atoms. The molecular formula is C15H17N3S. The molecule has 0 aromatic heterocycles. The third kappa shape index (κ3) is 3.76. The highest BCUT2D eigenvalue weighted by atomic mass is 32.1. The average Bonchev–Trinajstić information content (AvgIpc) is 2.38. The van der Waals surface area contributed by atoms with Crippen LogP contribution in [0.2, 0.25) is 0 Å². The third-order valence-electron chi connectivity index (χ3n) is 2.61. The molecule has 0 aliphatic heterocycles. The Labute approximate surface area is 118 Å². The lowest BCUT2D eigenvalue weighted by Crippen LogP contribution is -2.36. The number of nitrogens with zero attached hydrogens (tertiary/aromatic N) is 1. The van der Waals surface area contributed by atoms with Gasteiger partial charge in [-0.1, -0.05) is 42.5 Å². The van der Waals surface area contributed by atoms with Gasteiger partial charge in [-0.05, 0) is 36.8 Å². The molecule has 0 amide bonds. The molecular weight excluding hydrogens is 254 g/mol. The van der Waals surface area contributed by atoms with Crippen LogP contribution in [-0.4, -0.2) is 17.4 Å². The second kappa shape index (κ2) is 6.29. The van der Waals surface area contributed by atoms with Crippen molar-refractivity contribution in [1.82, 2.24) is 10.7 Å². The Balaban J connectivity index is 2.11. The highest BCUT2D eigenvalue weighted by Gasteiger charge is 1.98. The number of benzene rings is 2. The van der Waals surface area contributed by atoms with Gasteiger partial charge in [-0.15, -0.1) is 0 Å². The van der Waals surface area contributed by atoms with Crippen LogP contribution in [-0.2, 0) is 0 Å². The summed E-state index contributed by atoms with van der Waals surface area (Å²) in [6, 6.07) is 14.7. The van der Waals surface area contributed by atoms with Crippen LogP contribution in [0.15, 0.2) is 47.6 Å². The van der Waals surface area contributed by atoms with Crippen LogP contribution in [0.25, 0.3) is 10.8 Å². The molecule has 0 saturated carbocycles. The molecule has 0 unspecified atom stereocenters. The van der Waals surface area contributed by atoms with Crippen LogP contribution in [0.1, 0.15) is 19.4 Å². The van der Waals surface area contributed by atoms with Crippen molar-refractivity contribution in [3.05, 3.63) is 48.0 Å². The summed E-state index contributed by atoms with van der Waals surface area (Å²) in [7, 11) is 0. The van der Waals surface area contributed by atoms with Crippen LogP contribution < -0.4 is 10.7 Å². The molecule has 4 heteroatoms. The largest absolute Gasteiger partial charge is 0.359 e. The summed E-state index contributed by atoms with van der Waals surface area (Å²) in [5, 5.41) is 10.2. The lowest BCUT2D eigenvalue weighted by atomic mass is 10.1. The van der Waals surface area contributed by atoms with Gasteiger partial charge < -0.3 is 5.32 Å². The van der Waals surface area contributed by atoms with Gasteiger partial charge in [0.1, 0.15) is 0 Å². The Kier molecular flexibility index (Phi) is 4.47. The first-order valence-corrected chi connectivity index (χ1v) is 6.65. The molecule has 2 rings (SSSR count). The number of hydrogen-bond donors (Lipinski definition) is 2. The van der Waals surface area contributed by atoms with E-state index < -0.39 is 0 Å². The Bertz CT molecular complexity index is 600. The second-order valence-electron chi connectivity index (χ2n) is 4.57. The summed E-state index contributed by atoms with van der Waals surface area (Å²) in [4.78, 5) is 0. The number of hydrazone groups is 1. The lowest BCUT2D eigenvalue weighted by molar-refractivity contribution is 0.720. The highest BCUT2D eigenvalue weighted by Crippen LogP contribution is 2.16. The fourth-order valence-corrected chi connectivity index (χ4v) is 2.11. The average molecular weight is 271 g/mol. The van der Waals surface area contributed by atoms with Crippen LogP contribution in [0.3, 0.4) is 0 Å². The third-order valence-corrected chi connectivity index (χ3v) is 2.82. The van der Waals surface area contributed by atoms with Gasteiger partial charge in [-0.25, -0.2) is 0 Å². The predicted molar refractivity (Wildman–Crippen MR) is 85.5 cm³/mol. The summed E-state index contributed by atoms with van der Waals surface area (Å²) < 4.78 is 0. The van der Waals surface area contributed by atoms with Gasteiger partial charge in [0.05, 0.1) is 6.21 Å². The van der Waals surface area contributed by atoms with Crippen LogP contribution in [0, 0.1) is 0 Å². The monoisotopic (exact) mass is 271 g/mol. The number of thiocarbonyl (C=S) groups is 1. The van der Waals surface area contributed by atoms with Gasteiger partial charge in [-0.2, -0.15) is 5.10 Å². The van der Waals surface area contributed by atoms with Gasteiger partial charge in [-0.3, -0.25) is 5.43 Å². The molecule has 0 aliphatic rings. The molecule has 0 saturated heterocycles. The minimum Gasteiger partial charge on any atom is -0.359 e. The van der Waals surface area contributed by atoms with E-state index >= 15 is 0 Å². The number of fused-ring (bicyclic) bond motifs is 1. The van der Waals surface area contributed by atoms with Crippen molar-refractivity contribution in [3.63, 3.8) is 0 Å². The van der Waals surface area contributed by atoms with Gasteiger partial charge in [0.2, 0.25) is 0 Å². The summed E-state index contributed by atoms with van der Waals surface area (Å²) in [5.41, 5.74) is 3.88. The molecule has 2 N–H and O–H groups in total. The van der Waals surface area contributed by atoms with Gasteiger partial charge >= 0.3 is 0 Å². The van der Waals surface area contributed by atoms with Crippen molar-refractivity contribution in [2.75, 3.05) is 0 Å². The number of hydrogen-bond acceptors (Lipinski definition) is 2. The first-order valence-electron chi connectivity index (χ1n) is 6.24. The quantitative estimate of drug-likeness (QED) is 0.512. The SMILES string of the molecule is CC(C)NC(=S)NN=Cc1cccc2ccccc12. The van der Waals surface area contributed by atoms with Crippen molar-refractivity contribution in [1.29, 1.82) is 0 Å². The molecule has 0 heterocycles. The predicted octanol–water partition coefficient (Wildman–Crippen LogP) is 3.05. The van der Waals surface area contributed by atoms with E-state index in [1.54, 1.807) is 6.21 Å². The molecule has 0 fully saturated rings. The maximum Gasteiger partial charge on any atom is 0.187 e. The van der Waals surface area contributed by atoms with Gasteiger partial charge in [0.25, 0.3) is 0 Å². The normalized spacial score (nSPS) is 11.1. The zero-order valence-corrected chi connectivity index (χ0v) is 11.9. The first kappa shape index (κ1) is 13.5. The maximum absolute atomic E-state index is 5.11. The molecule has 0 radical (unpaired) electrons. The summed E-state index contributed by atoms with van der Waals surface area (Å²) >= 11 is 5.11. The summed E-state index contributed by atoms with van der Waals surface area (Å²) in [5.74, 6) is 0. The van der Waals surface area contributed by atoms with Crippen molar-refractivity contribution >= 4 is 34.3 Å². The van der Waals surface area contributed by atoms with E-state index in [0.717, 1.165) is 5.56 Å². The Morgan fingerprint density at radius 2 is 1.89 bits per heavy atom. The Morgan fingerprint density at radius 1 is 1.16 bits per heavy atom. The minimum atomic E-state index is 0.299. The second-order valence-corrected chi connectivity index (χ2v) is 4.97. The van der Waals surface area contributed by atoms with Crippen LogP contribution in [0.5, 0.6) is 0 Å². The molecule has 0 atom stereocenters. The summed E-state index contributed by atoms with van der Waals surface area (Å²) in [6.07, 6.45) is 1.79. The van der Waals surface area contributed by atoms with E-state index in [2.05, 4.69) is 34.0 Å². The van der Waals surface area contributed by atoms with Crippen LogP contribution in [0.4, 0.5) is 0 Å². The Hall–Kier alpha value is -1.94. The fraction of sp³-hybridized carbons (Fsp3) is 0.200. The minimum absolute atomic E-state index is 0.299. The Morgan fingerprint density at radius 3 is 2.68 bits per heavy atom. The zero-order valence-electron chi connectivity index (χ0n) is 11.1. The van der Waals surface area contributed by atoms with Crippen molar-refractivity contribution in [3.8, 4) is 0 Å². The van der Waals surface area contributed by atoms with E-state index in [1.165, 1.54) is 10.8 Å². The van der Waals surface area contributed by atoms with E-state index in [-0.39, 0.29) is 0 Å². The number of nitrogens with one attached hydrogen (secondary N) is 2. The molecule has 98 valence electrons. The molecule has 0 spiro atoms. The van der Waals surface area contributed by atoms with E-state index in [4.69, 9.17) is 12.2 Å². The first-order chi connectivity index (χ1) is 9.16. The van der Waals surface area contributed by atoms with Gasteiger partial charge in [0, 0.05) is 11.6 Å². The van der Waals surface area contributed by atoms with Crippen LogP contribution >= 0.6 is 12.2 Å². The van der Waals surface area contributed by atoms with Gasteiger partial charge in [0.15, 0.2) is 5.11 Å². The van der Waals surface area contributed by atoms with Crippen molar-refractivity contribution in [2.45, 2.75) is 19.9 Å². The summed E-state index contributed by atoms with van der Waals surface area (Å²) in [6.45, 7) is 4.06. The van der Waals surface area contributed by atoms with E-state index in [0.29, 0.717) is 11.2 Å². The smallest absolute Gasteiger partial charge is 0.187 e. The maximum atomic E-state index is 5.11. The van der Waals surface area contributed by atoms with E-state index in [9.17, 15) is 0 Å². The van der Waals surface area contributed by atoms with E-state index in [1.807, 2.05) is 38.1 Å². The zero-order chi connectivity index (χ0) is 13.7. The van der Waals surface area contributed by atoms with Crippen molar-refractivity contribution < 1.29 is 0 Å². The topological polar surface area (TPSA) is 36.4 Å². The molecule has 0 bridgehead atoms. The molecule has 2 aromatic rings. The molecule has 3 nitrogen and oxygen atoms in total. The lowest BCUT2D eigenvalue weighted by Gasteiger charge is -2.09. The van der Waals surface area contributed by atoms with Crippen molar-refractivity contribution in [2.24, 2.45) is 5.10 Å². The molecule has 0 aliphatic carbocycles. The standard InChI is InChI=1S/C15H17N3S/c1-11(2)17-15(19)18-16-10-13-8-5-7-12-6-3-4-9-14(12)13/h3-11H,1-2H3,(H2,17,18,19). The fourth-order valence-electron chi connectivity index (χ4n) is 1.82. The highest BCUT2D eigenvalue weighted by molar-refractivity contribution is 7.80.